The molecule has 0 unspecified atom stereocenters. The Morgan fingerprint density at radius 3 is 1.83 bits per heavy atom. The maximum absolute atomic E-state index is 2.12. The molecule has 0 nitrogen and oxygen atoms in total. The SMILES string of the molecule is C1=CSCS1.[Mo]. The molecule has 0 atom stereocenters. The molecule has 0 bridgehead atoms. The van der Waals surface area contributed by atoms with E-state index in [1.165, 1.54) is 5.08 Å². The van der Waals surface area contributed by atoms with E-state index in [9.17, 15) is 0 Å². The van der Waals surface area contributed by atoms with E-state index >= 15 is 0 Å². The van der Waals surface area contributed by atoms with Gasteiger partial charge in [0.05, 0.1) is 0 Å². The van der Waals surface area contributed by atoms with Crippen molar-refractivity contribution in [2.45, 2.75) is 0 Å². The summed E-state index contributed by atoms with van der Waals surface area (Å²) < 4.78 is 0. The van der Waals surface area contributed by atoms with Gasteiger partial charge in [0.15, 0.2) is 0 Å². The fraction of sp³-hybridized carbons (Fsp3) is 0.333. The normalized spacial score (nSPS) is 17.3. The van der Waals surface area contributed by atoms with Crippen LogP contribution in [0.4, 0.5) is 0 Å². The minimum absolute atomic E-state index is 0. The molecule has 0 N–H and O–H groups in total. The van der Waals surface area contributed by atoms with Crippen molar-refractivity contribution in [3.63, 3.8) is 0 Å². The molecule has 1 rings (SSSR count). The second-order valence-corrected chi connectivity index (χ2v) is 2.88. The molecule has 0 saturated heterocycles. The minimum atomic E-state index is 0. The molecule has 0 aromatic rings. The Balaban J connectivity index is 0.000000250. The van der Waals surface area contributed by atoms with Crippen LogP contribution in [-0.4, -0.2) is 5.08 Å². The second-order valence-electron chi connectivity index (χ2n) is 0.723. The van der Waals surface area contributed by atoms with Crippen LogP contribution in [0.25, 0.3) is 0 Å². The number of rotatable bonds is 0. The third kappa shape index (κ3) is 2.33. The zero-order valence-corrected chi connectivity index (χ0v) is 6.73. The Morgan fingerprint density at radius 1 is 1.17 bits per heavy atom. The van der Waals surface area contributed by atoms with Gasteiger partial charge in [0.25, 0.3) is 0 Å². The Morgan fingerprint density at radius 2 is 1.67 bits per heavy atom. The van der Waals surface area contributed by atoms with Crippen molar-refractivity contribution in [2.24, 2.45) is 0 Å². The zero-order chi connectivity index (χ0) is 3.54. The van der Waals surface area contributed by atoms with Crippen molar-refractivity contribution >= 4 is 23.5 Å². The van der Waals surface area contributed by atoms with Gasteiger partial charge in [-0.15, -0.1) is 23.5 Å². The Labute approximate surface area is 60.4 Å². The van der Waals surface area contributed by atoms with Crippen molar-refractivity contribution in [1.29, 1.82) is 0 Å². The molecule has 0 aliphatic carbocycles. The van der Waals surface area contributed by atoms with E-state index in [1.54, 1.807) is 0 Å². The molecule has 1 aliphatic rings. The molecule has 1 aliphatic heterocycles. The van der Waals surface area contributed by atoms with Gasteiger partial charge in [0, 0.05) is 26.2 Å². The van der Waals surface area contributed by atoms with Crippen molar-refractivity contribution in [1.82, 2.24) is 0 Å². The number of hydrogen-bond acceptors (Lipinski definition) is 2. The van der Waals surface area contributed by atoms with Crippen LogP contribution in [-0.2, 0) is 21.1 Å². The van der Waals surface area contributed by atoms with Gasteiger partial charge >= 0.3 is 0 Å². The summed E-state index contributed by atoms with van der Waals surface area (Å²) in [5, 5.41) is 5.45. The summed E-state index contributed by atoms with van der Waals surface area (Å²) in [6.45, 7) is 0. The molecule has 0 radical (unpaired) electrons. The molecule has 0 fully saturated rings. The van der Waals surface area contributed by atoms with Crippen LogP contribution in [0.5, 0.6) is 0 Å². The van der Waals surface area contributed by atoms with Crippen molar-refractivity contribution < 1.29 is 21.1 Å². The second kappa shape index (κ2) is 4.29. The maximum Gasteiger partial charge on any atom is 0.0475 e. The standard InChI is InChI=1S/C3H4S2.Mo/c1-2-5-3-4-1;/h1-2H,3H2;. The first-order valence-corrected chi connectivity index (χ1v) is 3.48. The van der Waals surface area contributed by atoms with Crippen molar-refractivity contribution in [2.75, 3.05) is 5.08 Å². The Kier molecular flexibility index (Phi) is 5.10. The summed E-state index contributed by atoms with van der Waals surface area (Å²) in [7, 11) is 0. The molecule has 6 heavy (non-hydrogen) atoms. The average Bonchev–Trinajstić information content (AvgIpc) is 1.76. The molecule has 1 heterocycles. The summed E-state index contributed by atoms with van der Waals surface area (Å²) in [5.41, 5.74) is 0. The smallest absolute Gasteiger partial charge is 0.0475 e. The van der Waals surface area contributed by atoms with Crippen LogP contribution < -0.4 is 0 Å². The predicted molar refractivity (Wildman–Crippen MR) is 29.2 cm³/mol. The van der Waals surface area contributed by atoms with Crippen molar-refractivity contribution in [3.8, 4) is 0 Å². The van der Waals surface area contributed by atoms with Gasteiger partial charge in [0.1, 0.15) is 0 Å². The van der Waals surface area contributed by atoms with E-state index in [0.29, 0.717) is 0 Å². The van der Waals surface area contributed by atoms with E-state index in [1.807, 2.05) is 23.5 Å². The quantitative estimate of drug-likeness (QED) is 0.547. The summed E-state index contributed by atoms with van der Waals surface area (Å²) in [5.74, 6) is 0. The third-order valence-corrected chi connectivity index (χ3v) is 2.30. The summed E-state index contributed by atoms with van der Waals surface area (Å²) in [6, 6.07) is 0. The summed E-state index contributed by atoms with van der Waals surface area (Å²) in [4.78, 5) is 0. The first kappa shape index (κ1) is 7.13. The molecule has 0 aromatic heterocycles. The summed E-state index contributed by atoms with van der Waals surface area (Å²) >= 11 is 3.71. The van der Waals surface area contributed by atoms with E-state index < -0.39 is 0 Å². The third-order valence-electron chi connectivity index (χ3n) is 0.384. The predicted octanol–water partition coefficient (Wildman–Crippen LogP) is 1.89. The monoisotopic (exact) mass is 202 g/mol. The van der Waals surface area contributed by atoms with Gasteiger partial charge in [-0.25, -0.2) is 0 Å². The minimum Gasteiger partial charge on any atom is -0.122 e. The Bertz CT molecular complexity index is 46.8. The van der Waals surface area contributed by atoms with Gasteiger partial charge in [-0.2, -0.15) is 0 Å². The van der Waals surface area contributed by atoms with Crippen LogP contribution >= 0.6 is 23.5 Å². The first-order valence-electron chi connectivity index (χ1n) is 1.38. The molecule has 0 saturated carbocycles. The van der Waals surface area contributed by atoms with Crippen LogP contribution in [0, 0.1) is 0 Å². The average molecular weight is 200 g/mol. The maximum atomic E-state index is 2.12. The van der Waals surface area contributed by atoms with Crippen LogP contribution in [0.15, 0.2) is 10.8 Å². The Hall–Kier alpha value is 1.13. The first-order chi connectivity index (χ1) is 2.50. The van der Waals surface area contributed by atoms with Gasteiger partial charge in [-0.05, 0) is 10.8 Å². The largest absolute Gasteiger partial charge is 0.122 e. The van der Waals surface area contributed by atoms with Crippen LogP contribution in [0.3, 0.4) is 0 Å². The van der Waals surface area contributed by atoms with Crippen LogP contribution in [0.2, 0.25) is 0 Å². The molecule has 0 aromatic carbocycles. The van der Waals surface area contributed by atoms with Crippen molar-refractivity contribution in [3.05, 3.63) is 10.8 Å². The number of thioether (sulfide) groups is 2. The molecule has 3 heteroatoms. The fourth-order valence-electron chi connectivity index (χ4n) is 0.196. The van der Waals surface area contributed by atoms with E-state index in [2.05, 4.69) is 10.8 Å². The van der Waals surface area contributed by atoms with Gasteiger partial charge < -0.3 is 0 Å². The molecule has 0 spiro atoms. The van der Waals surface area contributed by atoms with Gasteiger partial charge in [0.2, 0.25) is 0 Å². The topological polar surface area (TPSA) is 0 Å². The molecule has 34 valence electrons. The fourth-order valence-corrected chi connectivity index (χ4v) is 1.77. The van der Waals surface area contributed by atoms with E-state index in [-0.39, 0.29) is 21.1 Å². The molecular weight excluding hydrogens is 196 g/mol. The van der Waals surface area contributed by atoms with Gasteiger partial charge in [-0.3, -0.25) is 0 Å². The number of hydrogen-bond donors (Lipinski definition) is 0. The van der Waals surface area contributed by atoms with Gasteiger partial charge in [-0.1, -0.05) is 0 Å². The zero-order valence-electron chi connectivity index (χ0n) is 3.09. The van der Waals surface area contributed by atoms with E-state index in [4.69, 9.17) is 0 Å². The van der Waals surface area contributed by atoms with Crippen LogP contribution in [0.1, 0.15) is 0 Å². The van der Waals surface area contributed by atoms with E-state index in [0.717, 1.165) is 0 Å². The molecular formula is C3H4MoS2. The summed E-state index contributed by atoms with van der Waals surface area (Å²) in [6.07, 6.45) is 0. The molecule has 0 amide bonds.